The van der Waals surface area contributed by atoms with Crippen molar-refractivity contribution in [2.75, 3.05) is 11.4 Å². The van der Waals surface area contributed by atoms with E-state index in [1.165, 1.54) is 9.13 Å². The average molecular weight is 515 g/mol. The molecular weight excluding hydrogens is 494 g/mol. The van der Waals surface area contributed by atoms with Crippen molar-refractivity contribution in [1.29, 1.82) is 0 Å². The molecule has 2 aromatic carbocycles. The molecule has 0 amide bonds. The van der Waals surface area contributed by atoms with E-state index in [4.69, 9.17) is 16.6 Å². The van der Waals surface area contributed by atoms with Crippen molar-refractivity contribution in [2.24, 2.45) is 13.0 Å². The predicted octanol–water partition coefficient (Wildman–Crippen LogP) is 4.15. The fourth-order valence-corrected chi connectivity index (χ4v) is 4.74. The van der Waals surface area contributed by atoms with E-state index < -0.39 is 5.69 Å². The summed E-state index contributed by atoms with van der Waals surface area (Å²) in [4.78, 5) is 33.5. The summed E-state index contributed by atoms with van der Waals surface area (Å²) in [6.45, 7) is 3.67. The molecule has 0 unspecified atom stereocenters. The van der Waals surface area contributed by atoms with Crippen LogP contribution in [0.3, 0.4) is 0 Å². The predicted molar refractivity (Wildman–Crippen MR) is 130 cm³/mol. The first-order valence-electron chi connectivity index (χ1n) is 10.3. The number of hydrogen-bond acceptors (Lipinski definition) is 4. The fraction of sp³-hybridized carbons (Fsp3) is 0.261. The Morgan fingerprint density at radius 2 is 1.81 bits per heavy atom. The largest absolute Gasteiger partial charge is 0.332 e. The highest BCUT2D eigenvalue weighted by Gasteiger charge is 2.29. The summed E-state index contributed by atoms with van der Waals surface area (Å²) in [7, 11) is 1.65. The number of nitrogens with zero attached hydrogens (tertiary/aromatic N) is 5. The summed E-state index contributed by atoms with van der Waals surface area (Å²) < 4.78 is 5.62. The van der Waals surface area contributed by atoms with E-state index in [1.54, 1.807) is 13.1 Å². The standard InChI is InChI=1S/C23H21BrClN5O2/c1-14-11-28(17-9-7-16(24)8-10-17)22-26-20-19(29(22)12-14)21(31)30(23(32)27(20)2)13-15-5-3-4-6-18(15)25/h3-10,14H,11-13H2,1-2H3/t14-/m0/s1. The van der Waals surface area contributed by atoms with E-state index in [9.17, 15) is 9.59 Å². The zero-order valence-electron chi connectivity index (χ0n) is 17.6. The molecule has 164 valence electrons. The highest BCUT2D eigenvalue weighted by Crippen LogP contribution is 2.33. The van der Waals surface area contributed by atoms with Gasteiger partial charge in [0.2, 0.25) is 5.95 Å². The number of imidazole rings is 1. The molecule has 32 heavy (non-hydrogen) atoms. The first-order chi connectivity index (χ1) is 15.3. The number of aryl methyl sites for hydroxylation is 1. The molecule has 0 aliphatic carbocycles. The van der Waals surface area contributed by atoms with Gasteiger partial charge in [0, 0.05) is 35.3 Å². The quantitative estimate of drug-likeness (QED) is 0.412. The lowest BCUT2D eigenvalue weighted by Crippen LogP contribution is -2.40. The second kappa shape index (κ2) is 7.94. The molecule has 0 saturated heterocycles. The van der Waals surface area contributed by atoms with Crippen LogP contribution in [-0.2, 0) is 20.1 Å². The van der Waals surface area contributed by atoms with Gasteiger partial charge in [0.25, 0.3) is 5.56 Å². The van der Waals surface area contributed by atoms with Crippen molar-refractivity contribution in [3.8, 4) is 0 Å². The molecule has 5 rings (SSSR count). The second-order valence-electron chi connectivity index (χ2n) is 8.21. The van der Waals surface area contributed by atoms with Crippen LogP contribution in [0.2, 0.25) is 5.02 Å². The van der Waals surface area contributed by atoms with Gasteiger partial charge in [-0.05, 0) is 41.8 Å². The molecule has 0 saturated carbocycles. The summed E-state index contributed by atoms with van der Waals surface area (Å²) >= 11 is 9.77. The van der Waals surface area contributed by atoms with Gasteiger partial charge in [-0.3, -0.25) is 13.9 Å². The number of fused-ring (bicyclic) bond motifs is 3. The van der Waals surface area contributed by atoms with Gasteiger partial charge in [-0.2, -0.15) is 4.98 Å². The van der Waals surface area contributed by atoms with Gasteiger partial charge in [-0.1, -0.05) is 52.7 Å². The Morgan fingerprint density at radius 3 is 2.53 bits per heavy atom. The van der Waals surface area contributed by atoms with Crippen LogP contribution < -0.4 is 16.1 Å². The van der Waals surface area contributed by atoms with E-state index >= 15 is 0 Å². The maximum Gasteiger partial charge on any atom is 0.332 e. The molecule has 1 aliphatic heterocycles. The minimum Gasteiger partial charge on any atom is -0.312 e. The van der Waals surface area contributed by atoms with Crippen LogP contribution in [-0.4, -0.2) is 25.2 Å². The lowest BCUT2D eigenvalue weighted by molar-refractivity contribution is 0.458. The molecule has 1 atom stereocenters. The van der Waals surface area contributed by atoms with Crippen LogP contribution in [0.5, 0.6) is 0 Å². The number of aromatic nitrogens is 4. The van der Waals surface area contributed by atoms with Gasteiger partial charge in [0.05, 0.1) is 6.54 Å². The molecular formula is C23H21BrClN5O2. The first-order valence-corrected chi connectivity index (χ1v) is 11.5. The zero-order valence-corrected chi connectivity index (χ0v) is 20.0. The Hall–Kier alpha value is -2.84. The average Bonchev–Trinajstić information content (AvgIpc) is 3.16. The zero-order chi connectivity index (χ0) is 22.6. The summed E-state index contributed by atoms with van der Waals surface area (Å²) in [5.74, 6) is 0.959. The molecule has 4 aromatic rings. The third kappa shape index (κ3) is 3.38. The van der Waals surface area contributed by atoms with E-state index in [-0.39, 0.29) is 18.0 Å². The number of hydrogen-bond donors (Lipinski definition) is 0. The third-order valence-corrected chi connectivity index (χ3v) is 6.76. The molecule has 9 heteroatoms. The highest BCUT2D eigenvalue weighted by molar-refractivity contribution is 9.10. The molecule has 2 aromatic heterocycles. The molecule has 0 radical (unpaired) electrons. The van der Waals surface area contributed by atoms with Gasteiger partial charge >= 0.3 is 5.69 Å². The summed E-state index contributed by atoms with van der Waals surface area (Å²) in [5.41, 5.74) is 1.76. The van der Waals surface area contributed by atoms with Gasteiger partial charge in [-0.15, -0.1) is 0 Å². The molecule has 0 fully saturated rings. The number of halogens is 2. The van der Waals surface area contributed by atoms with E-state index in [1.807, 2.05) is 47.0 Å². The summed E-state index contributed by atoms with van der Waals surface area (Å²) in [6, 6.07) is 15.2. The van der Waals surface area contributed by atoms with Crippen LogP contribution in [0.15, 0.2) is 62.6 Å². The lowest BCUT2D eigenvalue weighted by Gasteiger charge is -2.33. The molecule has 1 aliphatic rings. The monoisotopic (exact) mass is 513 g/mol. The number of anilines is 2. The Balaban J connectivity index is 1.73. The van der Waals surface area contributed by atoms with Gasteiger partial charge in [0.1, 0.15) is 0 Å². The summed E-state index contributed by atoms with van der Waals surface area (Å²) in [6.07, 6.45) is 0. The van der Waals surface area contributed by atoms with Crippen LogP contribution in [0.1, 0.15) is 12.5 Å². The van der Waals surface area contributed by atoms with E-state index in [0.717, 1.165) is 22.3 Å². The smallest absolute Gasteiger partial charge is 0.312 e. The Labute approximate surface area is 197 Å². The number of rotatable bonds is 3. The van der Waals surface area contributed by atoms with Crippen molar-refractivity contribution in [3.63, 3.8) is 0 Å². The van der Waals surface area contributed by atoms with Crippen molar-refractivity contribution in [1.82, 2.24) is 18.7 Å². The van der Waals surface area contributed by atoms with Gasteiger partial charge < -0.3 is 9.47 Å². The molecule has 3 heterocycles. The summed E-state index contributed by atoms with van der Waals surface area (Å²) in [5, 5.41) is 0.520. The maximum atomic E-state index is 13.6. The number of benzene rings is 2. The normalized spacial score (nSPS) is 15.9. The highest BCUT2D eigenvalue weighted by atomic mass is 79.9. The Kier molecular flexibility index (Phi) is 5.22. The Bertz CT molecular complexity index is 1450. The van der Waals surface area contributed by atoms with Crippen LogP contribution in [0.25, 0.3) is 11.2 Å². The molecule has 0 bridgehead atoms. The lowest BCUT2D eigenvalue weighted by atomic mass is 10.1. The van der Waals surface area contributed by atoms with E-state index in [2.05, 4.69) is 27.8 Å². The topological polar surface area (TPSA) is 65.1 Å². The second-order valence-corrected chi connectivity index (χ2v) is 9.53. The van der Waals surface area contributed by atoms with Crippen LogP contribution in [0.4, 0.5) is 11.6 Å². The first kappa shape index (κ1) is 21.0. The molecule has 0 spiro atoms. The van der Waals surface area contributed by atoms with Crippen molar-refractivity contribution >= 4 is 50.3 Å². The maximum absolute atomic E-state index is 13.6. The van der Waals surface area contributed by atoms with Gasteiger partial charge in [0.15, 0.2) is 11.2 Å². The third-order valence-electron chi connectivity index (χ3n) is 5.87. The minimum absolute atomic E-state index is 0.105. The molecule has 0 N–H and O–H groups in total. The van der Waals surface area contributed by atoms with Crippen molar-refractivity contribution in [3.05, 3.63) is 84.4 Å². The van der Waals surface area contributed by atoms with Crippen molar-refractivity contribution in [2.45, 2.75) is 20.0 Å². The molecule has 7 nitrogen and oxygen atoms in total. The van der Waals surface area contributed by atoms with Crippen molar-refractivity contribution < 1.29 is 0 Å². The fourth-order valence-electron chi connectivity index (χ4n) is 4.28. The van der Waals surface area contributed by atoms with Crippen LogP contribution in [0, 0.1) is 5.92 Å². The van der Waals surface area contributed by atoms with Gasteiger partial charge in [-0.25, -0.2) is 4.79 Å². The SMILES string of the molecule is C[C@H]1CN(c2ccc(Br)cc2)c2nc3c(c(=O)n(Cc4ccccc4Cl)c(=O)n3C)n2C1. The Morgan fingerprint density at radius 1 is 1.09 bits per heavy atom. The van der Waals surface area contributed by atoms with E-state index in [0.29, 0.717) is 28.7 Å². The minimum atomic E-state index is -0.416. The van der Waals surface area contributed by atoms with Crippen LogP contribution >= 0.6 is 27.5 Å².